The maximum atomic E-state index is 13.7. The first-order valence-electron chi connectivity index (χ1n) is 12.9. The van der Waals surface area contributed by atoms with Crippen LogP contribution < -0.4 is 5.56 Å². The zero-order valence-corrected chi connectivity index (χ0v) is 21.4. The third-order valence-electron chi connectivity index (χ3n) is 6.50. The van der Waals surface area contributed by atoms with Gasteiger partial charge in [-0.25, -0.2) is 4.68 Å². The van der Waals surface area contributed by atoms with Crippen molar-refractivity contribution in [2.75, 3.05) is 13.1 Å². The number of hydrogen-bond donors (Lipinski definition) is 1. The molecule has 4 aromatic rings. The van der Waals surface area contributed by atoms with Gasteiger partial charge in [0.05, 0.1) is 17.9 Å². The topological polar surface area (TPSA) is 75.2 Å². The molecule has 0 aliphatic rings. The van der Waals surface area contributed by atoms with E-state index in [9.17, 15) is 14.4 Å². The SMILES string of the molecule is CCCN(CC(=O)c1c(-c2ccccc2)[nH]n(-c2ccccc2CC)c1=O)C(=O)CCc1ccccc1. The molecule has 1 N–H and O–H groups in total. The van der Waals surface area contributed by atoms with Gasteiger partial charge in [0.15, 0.2) is 5.78 Å². The first-order valence-corrected chi connectivity index (χ1v) is 12.9. The van der Waals surface area contributed by atoms with E-state index >= 15 is 0 Å². The second kappa shape index (κ2) is 12.2. The van der Waals surface area contributed by atoms with Crippen LogP contribution in [0.5, 0.6) is 0 Å². The highest BCUT2D eigenvalue weighted by atomic mass is 16.2. The number of ketones is 1. The number of H-pyrrole nitrogens is 1. The molecule has 37 heavy (non-hydrogen) atoms. The Morgan fingerprint density at radius 2 is 1.51 bits per heavy atom. The van der Waals surface area contributed by atoms with E-state index < -0.39 is 5.56 Å². The third kappa shape index (κ3) is 5.97. The van der Waals surface area contributed by atoms with Crippen LogP contribution in [0.15, 0.2) is 89.7 Å². The molecule has 1 amide bonds. The van der Waals surface area contributed by atoms with Gasteiger partial charge in [-0.2, -0.15) is 0 Å². The molecule has 0 bridgehead atoms. The molecule has 4 rings (SSSR count). The van der Waals surface area contributed by atoms with Gasteiger partial charge in [0.2, 0.25) is 5.91 Å². The van der Waals surface area contributed by atoms with Gasteiger partial charge < -0.3 is 4.90 Å². The van der Waals surface area contributed by atoms with Crippen LogP contribution in [0.1, 0.15) is 48.2 Å². The summed E-state index contributed by atoms with van der Waals surface area (Å²) in [5.41, 5.74) is 3.67. The van der Waals surface area contributed by atoms with Crippen molar-refractivity contribution in [2.24, 2.45) is 0 Å². The van der Waals surface area contributed by atoms with Crippen LogP contribution in [0.2, 0.25) is 0 Å². The molecule has 0 spiro atoms. The first-order chi connectivity index (χ1) is 18.0. The van der Waals surface area contributed by atoms with Gasteiger partial charge >= 0.3 is 0 Å². The summed E-state index contributed by atoms with van der Waals surface area (Å²) < 4.78 is 1.45. The van der Waals surface area contributed by atoms with E-state index in [2.05, 4.69) is 5.10 Å². The fraction of sp³-hybridized carbons (Fsp3) is 0.258. The zero-order chi connectivity index (χ0) is 26.2. The summed E-state index contributed by atoms with van der Waals surface area (Å²) >= 11 is 0. The number of amides is 1. The van der Waals surface area contributed by atoms with Crippen molar-refractivity contribution in [3.05, 3.63) is 112 Å². The quantitative estimate of drug-likeness (QED) is 0.281. The van der Waals surface area contributed by atoms with Gasteiger partial charge in [-0.3, -0.25) is 19.5 Å². The van der Waals surface area contributed by atoms with Crippen molar-refractivity contribution in [1.29, 1.82) is 0 Å². The van der Waals surface area contributed by atoms with E-state index in [1.807, 2.05) is 98.8 Å². The van der Waals surface area contributed by atoms with Crippen LogP contribution in [0, 0.1) is 0 Å². The Bertz CT molecular complexity index is 1400. The molecule has 0 unspecified atom stereocenters. The molecule has 0 saturated carbocycles. The molecule has 190 valence electrons. The van der Waals surface area contributed by atoms with Crippen LogP contribution in [0.3, 0.4) is 0 Å². The van der Waals surface area contributed by atoms with Crippen molar-refractivity contribution in [1.82, 2.24) is 14.7 Å². The van der Waals surface area contributed by atoms with E-state index in [4.69, 9.17) is 0 Å². The Morgan fingerprint density at radius 3 is 2.19 bits per heavy atom. The van der Waals surface area contributed by atoms with Crippen LogP contribution in [-0.4, -0.2) is 39.5 Å². The lowest BCUT2D eigenvalue weighted by Crippen LogP contribution is -2.38. The molecular formula is C31H33N3O3. The predicted octanol–water partition coefficient (Wildman–Crippen LogP) is 5.45. The third-order valence-corrected chi connectivity index (χ3v) is 6.50. The average molecular weight is 496 g/mol. The number of carbonyl (C=O) groups is 2. The molecule has 0 aliphatic heterocycles. The number of aromatic nitrogens is 2. The highest BCUT2D eigenvalue weighted by Crippen LogP contribution is 2.23. The van der Waals surface area contributed by atoms with E-state index in [0.29, 0.717) is 25.1 Å². The van der Waals surface area contributed by atoms with Crippen molar-refractivity contribution in [3.8, 4) is 16.9 Å². The molecule has 0 saturated heterocycles. The molecule has 6 nitrogen and oxygen atoms in total. The summed E-state index contributed by atoms with van der Waals surface area (Å²) in [4.78, 5) is 42.1. The number of carbonyl (C=O) groups excluding carboxylic acids is 2. The first kappa shape index (κ1) is 25.9. The fourth-order valence-corrected chi connectivity index (χ4v) is 4.58. The number of hydrogen-bond acceptors (Lipinski definition) is 3. The maximum absolute atomic E-state index is 13.7. The summed E-state index contributed by atoms with van der Waals surface area (Å²) in [6, 6.07) is 26.8. The van der Waals surface area contributed by atoms with Crippen molar-refractivity contribution in [3.63, 3.8) is 0 Å². The second-order valence-electron chi connectivity index (χ2n) is 9.07. The van der Waals surface area contributed by atoms with Crippen molar-refractivity contribution in [2.45, 2.75) is 39.5 Å². The minimum Gasteiger partial charge on any atom is -0.335 e. The largest absolute Gasteiger partial charge is 0.335 e. The van der Waals surface area contributed by atoms with Crippen molar-refractivity contribution < 1.29 is 9.59 Å². The summed E-state index contributed by atoms with van der Waals surface area (Å²) in [6.45, 7) is 4.32. The lowest BCUT2D eigenvalue weighted by molar-refractivity contribution is -0.130. The number of para-hydroxylation sites is 1. The minimum absolute atomic E-state index is 0.0778. The second-order valence-corrected chi connectivity index (χ2v) is 9.07. The number of aromatic amines is 1. The van der Waals surface area contributed by atoms with E-state index in [0.717, 1.165) is 35.2 Å². The Kier molecular flexibility index (Phi) is 8.52. The summed E-state index contributed by atoms with van der Waals surface area (Å²) in [5, 5.41) is 3.20. The molecule has 0 atom stereocenters. The predicted molar refractivity (Wildman–Crippen MR) is 147 cm³/mol. The highest BCUT2D eigenvalue weighted by molar-refractivity contribution is 6.03. The van der Waals surface area contributed by atoms with E-state index in [1.54, 1.807) is 4.90 Å². The van der Waals surface area contributed by atoms with Crippen LogP contribution in [-0.2, 0) is 17.6 Å². The Morgan fingerprint density at radius 1 is 0.865 bits per heavy atom. The number of nitrogens with zero attached hydrogens (tertiary/aromatic N) is 2. The molecule has 6 heteroatoms. The Hall–Kier alpha value is -4.19. The fourth-order valence-electron chi connectivity index (χ4n) is 4.58. The number of nitrogens with one attached hydrogen (secondary N) is 1. The molecule has 1 heterocycles. The number of rotatable bonds is 11. The molecule has 0 aliphatic carbocycles. The van der Waals surface area contributed by atoms with Gasteiger partial charge in [-0.1, -0.05) is 92.7 Å². The molecule has 3 aromatic carbocycles. The molecule has 0 radical (unpaired) electrons. The number of Topliss-reactive ketones (excluding diaryl/α,β-unsaturated/α-hetero) is 1. The normalized spacial score (nSPS) is 10.9. The smallest absolute Gasteiger partial charge is 0.282 e. The van der Waals surface area contributed by atoms with Gasteiger partial charge in [0.1, 0.15) is 5.56 Å². The minimum atomic E-state index is -0.405. The number of benzene rings is 3. The van der Waals surface area contributed by atoms with E-state index in [-0.39, 0.29) is 23.8 Å². The lowest BCUT2D eigenvalue weighted by atomic mass is 10.0. The van der Waals surface area contributed by atoms with Gasteiger partial charge in [-0.05, 0) is 36.5 Å². The van der Waals surface area contributed by atoms with Gasteiger partial charge in [-0.15, -0.1) is 0 Å². The highest BCUT2D eigenvalue weighted by Gasteiger charge is 2.26. The molecule has 0 fully saturated rings. The monoisotopic (exact) mass is 495 g/mol. The molecular weight excluding hydrogens is 462 g/mol. The number of aryl methyl sites for hydroxylation is 2. The molecule has 1 aromatic heterocycles. The standard InChI is InChI=1S/C31H33N3O3/c1-3-21-33(28(36)20-19-23-13-7-5-8-14-23)22-27(35)29-30(25-16-9-6-10-17-25)32-34(31(29)37)26-18-12-11-15-24(26)4-2/h5-18,32H,3-4,19-22H2,1-2H3. The Labute approximate surface area is 217 Å². The average Bonchev–Trinajstić information content (AvgIpc) is 3.29. The maximum Gasteiger partial charge on any atom is 0.282 e. The van der Waals surface area contributed by atoms with Gasteiger partial charge in [0, 0.05) is 18.5 Å². The summed E-state index contributed by atoms with van der Waals surface area (Å²) in [6.07, 6.45) is 2.38. The lowest BCUT2D eigenvalue weighted by Gasteiger charge is -2.21. The van der Waals surface area contributed by atoms with Crippen LogP contribution in [0.4, 0.5) is 0 Å². The van der Waals surface area contributed by atoms with Crippen molar-refractivity contribution >= 4 is 11.7 Å². The zero-order valence-electron chi connectivity index (χ0n) is 21.4. The summed E-state index contributed by atoms with van der Waals surface area (Å²) in [7, 11) is 0. The summed E-state index contributed by atoms with van der Waals surface area (Å²) in [5.74, 6) is -0.457. The van der Waals surface area contributed by atoms with E-state index in [1.165, 1.54) is 4.68 Å². The van der Waals surface area contributed by atoms with Gasteiger partial charge in [0.25, 0.3) is 5.56 Å². The van der Waals surface area contributed by atoms with Crippen LogP contribution >= 0.6 is 0 Å². The Balaban J connectivity index is 1.67. The van der Waals surface area contributed by atoms with Crippen LogP contribution in [0.25, 0.3) is 16.9 Å².